The van der Waals surface area contributed by atoms with Gasteiger partial charge >= 0.3 is 6.18 Å². The van der Waals surface area contributed by atoms with Gasteiger partial charge in [-0.05, 0) is 17.7 Å². The molecule has 19 heavy (non-hydrogen) atoms. The van der Waals surface area contributed by atoms with Crippen LogP contribution in [0.15, 0.2) is 36.9 Å². The topological polar surface area (TPSA) is 37.3 Å². The van der Waals surface area contributed by atoms with Gasteiger partial charge in [-0.2, -0.15) is 13.2 Å². The van der Waals surface area contributed by atoms with Gasteiger partial charge in [0, 0.05) is 12.3 Å². The Balaban J connectivity index is 3.01. The van der Waals surface area contributed by atoms with Gasteiger partial charge in [0.2, 0.25) is 0 Å². The molecule has 0 unspecified atom stereocenters. The lowest BCUT2D eigenvalue weighted by Crippen LogP contribution is -2.26. The van der Waals surface area contributed by atoms with Gasteiger partial charge in [-0.15, -0.1) is 6.58 Å². The Morgan fingerprint density at radius 2 is 1.89 bits per heavy atom. The van der Waals surface area contributed by atoms with E-state index >= 15 is 0 Å². The predicted octanol–water partition coefficient (Wildman–Crippen LogP) is 3.32. The summed E-state index contributed by atoms with van der Waals surface area (Å²) in [7, 11) is 0. The molecule has 0 fully saturated rings. The van der Waals surface area contributed by atoms with Gasteiger partial charge in [-0.25, -0.2) is 0 Å². The fourth-order valence-corrected chi connectivity index (χ4v) is 1.75. The fourth-order valence-electron chi connectivity index (χ4n) is 1.75. The lowest BCUT2D eigenvalue weighted by atomic mass is 9.90. The minimum absolute atomic E-state index is 0.159. The van der Waals surface area contributed by atoms with Gasteiger partial charge in [0.25, 0.3) is 0 Å². The molecule has 104 valence electrons. The number of rotatable bonds is 5. The zero-order valence-electron chi connectivity index (χ0n) is 10.4. The third kappa shape index (κ3) is 3.67. The molecule has 0 radical (unpaired) electrons. The van der Waals surface area contributed by atoms with Crippen LogP contribution in [-0.2, 0) is 11.0 Å². The molecule has 0 aliphatic heterocycles. The molecule has 0 saturated carbocycles. The Morgan fingerprint density at radius 3 is 2.26 bits per heavy atom. The number of aliphatic hydroxyl groups is 1. The molecule has 1 rings (SSSR count). The summed E-state index contributed by atoms with van der Waals surface area (Å²) in [4.78, 5) is 11.4. The van der Waals surface area contributed by atoms with E-state index in [1.165, 1.54) is 18.2 Å². The third-order valence-corrected chi connectivity index (χ3v) is 2.90. The molecule has 0 aromatic heterocycles. The summed E-state index contributed by atoms with van der Waals surface area (Å²) in [6.07, 6.45) is -4.16. The van der Waals surface area contributed by atoms with Crippen molar-refractivity contribution in [3.05, 3.63) is 48.0 Å². The van der Waals surface area contributed by atoms with E-state index < -0.39 is 23.8 Å². The Hall–Kier alpha value is -1.62. The van der Waals surface area contributed by atoms with Gasteiger partial charge in [0.15, 0.2) is 5.78 Å². The average molecular weight is 272 g/mol. The first-order valence-electron chi connectivity index (χ1n) is 5.81. The van der Waals surface area contributed by atoms with Crippen LogP contribution in [0.25, 0.3) is 0 Å². The molecule has 5 heteroatoms. The van der Waals surface area contributed by atoms with E-state index in [0.29, 0.717) is 5.56 Å². The van der Waals surface area contributed by atoms with Crippen molar-refractivity contribution in [2.45, 2.75) is 31.5 Å². The second-order valence-electron chi connectivity index (χ2n) is 4.15. The number of Topliss-reactive ketones (excluding diaryl/α,β-unsaturated/α-hetero) is 1. The summed E-state index contributed by atoms with van der Waals surface area (Å²) in [5, 5.41) is 9.82. The first-order chi connectivity index (χ1) is 8.81. The molecule has 0 aliphatic rings. The van der Waals surface area contributed by atoms with Crippen LogP contribution in [0.1, 0.15) is 30.4 Å². The van der Waals surface area contributed by atoms with Gasteiger partial charge in [-0.3, -0.25) is 4.79 Å². The van der Waals surface area contributed by atoms with E-state index in [4.69, 9.17) is 0 Å². The van der Waals surface area contributed by atoms with Gasteiger partial charge in [-0.1, -0.05) is 25.1 Å². The first kappa shape index (κ1) is 15.4. The highest BCUT2D eigenvalue weighted by Gasteiger charge is 2.31. The number of aliphatic hydroxyl groups excluding tert-OH is 1. The van der Waals surface area contributed by atoms with E-state index in [1.807, 2.05) is 0 Å². The van der Waals surface area contributed by atoms with Gasteiger partial charge in [0.1, 0.15) is 6.10 Å². The fraction of sp³-hybridized carbons (Fsp3) is 0.357. The number of ketones is 1. The summed E-state index contributed by atoms with van der Waals surface area (Å²) in [6.45, 7) is 5.12. The lowest BCUT2D eigenvalue weighted by Gasteiger charge is -2.19. The number of benzene rings is 1. The van der Waals surface area contributed by atoms with Crippen molar-refractivity contribution >= 4 is 5.78 Å². The predicted molar refractivity (Wildman–Crippen MR) is 65.7 cm³/mol. The lowest BCUT2D eigenvalue weighted by molar-refractivity contribution is -0.137. The molecule has 0 amide bonds. The molecule has 0 heterocycles. The van der Waals surface area contributed by atoms with E-state index in [1.54, 1.807) is 6.92 Å². The van der Waals surface area contributed by atoms with Crippen molar-refractivity contribution in [2.75, 3.05) is 0 Å². The molecule has 0 saturated heterocycles. The molecular weight excluding hydrogens is 257 g/mol. The standard InChI is InChI=1S/C14H15F3O2/c1-3-11(13(19)12(18)4-2)9-5-7-10(8-6-9)14(15,16)17/h3,5-8,11,13,19H,1,4H2,2H3/t11-,13+/m0/s1. The van der Waals surface area contributed by atoms with Crippen molar-refractivity contribution in [3.63, 3.8) is 0 Å². The zero-order chi connectivity index (χ0) is 14.6. The molecule has 2 nitrogen and oxygen atoms in total. The molecule has 0 bridgehead atoms. The summed E-state index contributed by atoms with van der Waals surface area (Å²) in [6, 6.07) is 4.35. The monoisotopic (exact) mass is 272 g/mol. The number of hydrogen-bond donors (Lipinski definition) is 1. The zero-order valence-corrected chi connectivity index (χ0v) is 10.4. The Kier molecular flexibility index (Phi) is 4.89. The van der Waals surface area contributed by atoms with Crippen LogP contribution in [0.4, 0.5) is 13.2 Å². The van der Waals surface area contributed by atoms with Crippen LogP contribution in [0.5, 0.6) is 0 Å². The first-order valence-corrected chi connectivity index (χ1v) is 5.81. The second-order valence-corrected chi connectivity index (χ2v) is 4.15. The Labute approximate surface area is 109 Å². The highest BCUT2D eigenvalue weighted by Crippen LogP contribution is 2.31. The molecule has 0 aliphatic carbocycles. The molecule has 1 N–H and O–H groups in total. The van der Waals surface area contributed by atoms with E-state index in [2.05, 4.69) is 6.58 Å². The van der Waals surface area contributed by atoms with E-state index in [0.717, 1.165) is 12.1 Å². The quantitative estimate of drug-likeness (QED) is 0.835. The molecule has 2 atom stereocenters. The minimum Gasteiger partial charge on any atom is -0.384 e. The van der Waals surface area contributed by atoms with Crippen molar-refractivity contribution in [1.82, 2.24) is 0 Å². The minimum atomic E-state index is -4.40. The number of hydrogen-bond acceptors (Lipinski definition) is 2. The SMILES string of the molecule is C=C[C@@H](c1ccc(C(F)(F)F)cc1)[C@@H](O)C(=O)CC. The van der Waals surface area contributed by atoms with Crippen LogP contribution in [0.2, 0.25) is 0 Å². The number of carbonyl (C=O) groups is 1. The van der Waals surface area contributed by atoms with Gasteiger partial charge < -0.3 is 5.11 Å². The third-order valence-electron chi connectivity index (χ3n) is 2.90. The maximum atomic E-state index is 12.4. The van der Waals surface area contributed by atoms with Crippen molar-refractivity contribution in [2.24, 2.45) is 0 Å². The van der Waals surface area contributed by atoms with E-state index in [-0.39, 0.29) is 12.2 Å². The van der Waals surface area contributed by atoms with Crippen molar-refractivity contribution in [3.8, 4) is 0 Å². The van der Waals surface area contributed by atoms with Crippen LogP contribution >= 0.6 is 0 Å². The summed E-state index contributed by atoms with van der Waals surface area (Å²) >= 11 is 0. The van der Waals surface area contributed by atoms with Crippen LogP contribution in [0.3, 0.4) is 0 Å². The van der Waals surface area contributed by atoms with Gasteiger partial charge in [0.05, 0.1) is 5.56 Å². The smallest absolute Gasteiger partial charge is 0.384 e. The van der Waals surface area contributed by atoms with Crippen LogP contribution in [0, 0.1) is 0 Å². The molecule has 1 aromatic rings. The molecule has 0 spiro atoms. The Bertz CT molecular complexity index is 449. The van der Waals surface area contributed by atoms with Crippen LogP contribution in [-0.4, -0.2) is 17.0 Å². The summed E-state index contributed by atoms with van der Waals surface area (Å²) < 4.78 is 37.3. The largest absolute Gasteiger partial charge is 0.416 e. The molecule has 1 aromatic carbocycles. The average Bonchev–Trinajstić information content (AvgIpc) is 2.38. The normalized spacial score (nSPS) is 14.8. The number of alkyl halides is 3. The molecular formula is C14H15F3O2. The summed E-state index contributed by atoms with van der Waals surface area (Å²) in [5.41, 5.74) is -0.340. The van der Waals surface area contributed by atoms with Crippen molar-refractivity contribution in [1.29, 1.82) is 0 Å². The maximum absolute atomic E-state index is 12.4. The second kappa shape index (κ2) is 6.02. The van der Waals surface area contributed by atoms with Crippen molar-refractivity contribution < 1.29 is 23.1 Å². The summed E-state index contributed by atoms with van der Waals surface area (Å²) in [5.74, 6) is -1.07. The highest BCUT2D eigenvalue weighted by atomic mass is 19.4. The number of carbonyl (C=O) groups excluding carboxylic acids is 1. The maximum Gasteiger partial charge on any atom is 0.416 e. The highest BCUT2D eigenvalue weighted by molar-refractivity contribution is 5.83. The van der Waals surface area contributed by atoms with E-state index in [9.17, 15) is 23.1 Å². The van der Waals surface area contributed by atoms with Crippen LogP contribution < -0.4 is 0 Å². The Morgan fingerprint density at radius 1 is 1.37 bits per heavy atom. The number of halogens is 3.